The summed E-state index contributed by atoms with van der Waals surface area (Å²) >= 11 is 12.0. The van der Waals surface area contributed by atoms with Crippen molar-refractivity contribution in [3.8, 4) is 0 Å². The summed E-state index contributed by atoms with van der Waals surface area (Å²) in [5.41, 5.74) is 1.99. The van der Waals surface area contributed by atoms with E-state index in [1.165, 1.54) is 6.07 Å². The number of hydrogen-bond acceptors (Lipinski definition) is 4. The van der Waals surface area contributed by atoms with E-state index in [1.807, 2.05) is 54.6 Å². The Labute approximate surface area is 188 Å². The number of nitrogens with zero attached hydrogens (tertiary/aromatic N) is 1. The maximum absolute atomic E-state index is 12.0. The number of anilines is 1. The molecular weight excluding hydrogens is 437 g/mol. The van der Waals surface area contributed by atoms with E-state index in [9.17, 15) is 9.59 Å². The van der Waals surface area contributed by atoms with Gasteiger partial charge in [-0.05, 0) is 53.6 Å². The van der Waals surface area contributed by atoms with E-state index < -0.39 is 11.6 Å². The molecule has 4 aromatic rings. The molecule has 156 valence electrons. The standard InChI is InChI=1S/C24H17Cl2NO4/c25-18-6-1-15(2-7-18)13-27(14-16-3-8-19(26)9-4-16)20-10-5-17-11-21(23(28)29)24(30)31-22(17)12-20/h1-12H,13-14H2,(H,28,29). The molecule has 1 aromatic heterocycles. The molecule has 7 heteroatoms. The molecule has 0 saturated heterocycles. The highest BCUT2D eigenvalue weighted by atomic mass is 35.5. The molecule has 31 heavy (non-hydrogen) atoms. The summed E-state index contributed by atoms with van der Waals surface area (Å²) < 4.78 is 5.28. The summed E-state index contributed by atoms with van der Waals surface area (Å²) in [6, 6.07) is 21.9. The van der Waals surface area contributed by atoms with Gasteiger partial charge in [-0.2, -0.15) is 0 Å². The van der Waals surface area contributed by atoms with Crippen molar-refractivity contribution in [3.05, 3.63) is 110 Å². The van der Waals surface area contributed by atoms with E-state index in [-0.39, 0.29) is 5.56 Å². The van der Waals surface area contributed by atoms with Crippen LogP contribution in [0.15, 0.2) is 82.0 Å². The molecule has 1 N–H and O–H groups in total. The number of carboxylic acid groups (broad SMARTS) is 1. The summed E-state index contributed by atoms with van der Waals surface area (Å²) in [6.45, 7) is 1.17. The molecule has 0 saturated carbocycles. The highest BCUT2D eigenvalue weighted by molar-refractivity contribution is 6.30. The quantitative estimate of drug-likeness (QED) is 0.362. The van der Waals surface area contributed by atoms with Crippen molar-refractivity contribution in [2.24, 2.45) is 0 Å². The van der Waals surface area contributed by atoms with Gasteiger partial charge in [0.25, 0.3) is 0 Å². The summed E-state index contributed by atoms with van der Waals surface area (Å²) in [4.78, 5) is 25.3. The zero-order chi connectivity index (χ0) is 22.0. The van der Waals surface area contributed by atoms with E-state index in [4.69, 9.17) is 32.7 Å². The average Bonchev–Trinajstić information content (AvgIpc) is 2.75. The van der Waals surface area contributed by atoms with Crippen LogP contribution < -0.4 is 10.5 Å². The maximum atomic E-state index is 12.0. The van der Waals surface area contributed by atoms with Crippen molar-refractivity contribution in [3.63, 3.8) is 0 Å². The van der Waals surface area contributed by atoms with Crippen molar-refractivity contribution in [2.75, 3.05) is 4.90 Å². The third kappa shape index (κ3) is 4.90. The van der Waals surface area contributed by atoms with Crippen LogP contribution in [0.25, 0.3) is 11.0 Å². The lowest BCUT2D eigenvalue weighted by Gasteiger charge is -2.25. The number of hydrogen-bond donors (Lipinski definition) is 1. The number of aromatic carboxylic acids is 1. The molecule has 0 aliphatic carbocycles. The van der Waals surface area contributed by atoms with Gasteiger partial charge >= 0.3 is 11.6 Å². The molecule has 0 spiro atoms. The molecule has 0 bridgehead atoms. The van der Waals surface area contributed by atoms with Gasteiger partial charge in [0.15, 0.2) is 0 Å². The molecule has 5 nitrogen and oxygen atoms in total. The van der Waals surface area contributed by atoms with Gasteiger partial charge in [-0.15, -0.1) is 0 Å². The Balaban J connectivity index is 1.73. The smallest absolute Gasteiger partial charge is 0.351 e. The molecule has 0 aliphatic rings. The van der Waals surface area contributed by atoms with Crippen molar-refractivity contribution < 1.29 is 14.3 Å². The summed E-state index contributed by atoms with van der Waals surface area (Å²) in [7, 11) is 0. The van der Waals surface area contributed by atoms with Gasteiger partial charge < -0.3 is 14.4 Å². The number of carbonyl (C=O) groups is 1. The summed E-state index contributed by atoms with van der Waals surface area (Å²) in [5, 5.41) is 11.0. The Morgan fingerprint density at radius 2 is 1.39 bits per heavy atom. The number of rotatable bonds is 6. The lowest BCUT2D eigenvalue weighted by atomic mass is 10.1. The van der Waals surface area contributed by atoms with Crippen LogP contribution >= 0.6 is 23.2 Å². The monoisotopic (exact) mass is 453 g/mol. The average molecular weight is 454 g/mol. The first-order valence-electron chi connectivity index (χ1n) is 9.44. The zero-order valence-corrected chi connectivity index (χ0v) is 17.7. The number of benzene rings is 3. The lowest BCUT2D eigenvalue weighted by molar-refractivity contribution is 0.0692. The van der Waals surface area contributed by atoms with Crippen LogP contribution in [0.1, 0.15) is 21.5 Å². The first-order valence-corrected chi connectivity index (χ1v) is 10.2. The second-order valence-electron chi connectivity index (χ2n) is 7.08. The van der Waals surface area contributed by atoms with Gasteiger partial charge in [0, 0.05) is 40.3 Å². The van der Waals surface area contributed by atoms with E-state index >= 15 is 0 Å². The molecule has 0 atom stereocenters. The van der Waals surface area contributed by atoms with Crippen molar-refractivity contribution >= 4 is 45.8 Å². The van der Waals surface area contributed by atoms with E-state index in [1.54, 1.807) is 12.1 Å². The molecule has 1 heterocycles. The second-order valence-corrected chi connectivity index (χ2v) is 7.96. The van der Waals surface area contributed by atoms with Gasteiger partial charge in [-0.1, -0.05) is 47.5 Å². The van der Waals surface area contributed by atoms with Crippen LogP contribution in [0.2, 0.25) is 10.0 Å². The maximum Gasteiger partial charge on any atom is 0.351 e. The number of carboxylic acids is 1. The van der Waals surface area contributed by atoms with Crippen LogP contribution in [-0.4, -0.2) is 11.1 Å². The Hall–Kier alpha value is -3.28. The van der Waals surface area contributed by atoms with Gasteiger partial charge in [0.2, 0.25) is 0 Å². The molecule has 0 radical (unpaired) electrons. The van der Waals surface area contributed by atoms with Crippen LogP contribution in [0.4, 0.5) is 5.69 Å². The predicted octanol–water partition coefficient (Wildman–Crippen LogP) is 6.00. The van der Waals surface area contributed by atoms with Crippen LogP contribution in [0.5, 0.6) is 0 Å². The van der Waals surface area contributed by atoms with Crippen LogP contribution in [-0.2, 0) is 13.1 Å². The van der Waals surface area contributed by atoms with Crippen LogP contribution in [0, 0.1) is 0 Å². The first kappa shape index (κ1) is 21.0. The third-order valence-corrected chi connectivity index (χ3v) is 5.39. The molecule has 0 unspecified atom stereocenters. The number of fused-ring (bicyclic) bond motifs is 1. The van der Waals surface area contributed by atoms with E-state index in [2.05, 4.69) is 4.90 Å². The Morgan fingerprint density at radius 3 is 1.90 bits per heavy atom. The molecule has 4 rings (SSSR count). The van der Waals surface area contributed by atoms with Gasteiger partial charge in [0.05, 0.1) is 0 Å². The number of halogens is 2. The van der Waals surface area contributed by atoms with Gasteiger partial charge in [-0.3, -0.25) is 0 Å². The minimum Gasteiger partial charge on any atom is -0.477 e. The SMILES string of the molecule is O=C(O)c1cc2ccc(N(Cc3ccc(Cl)cc3)Cc3ccc(Cl)cc3)cc2oc1=O. The Bertz CT molecular complexity index is 1250. The molecule has 3 aromatic carbocycles. The minimum absolute atomic E-state index is 0.324. The normalized spacial score (nSPS) is 10.9. The predicted molar refractivity (Wildman–Crippen MR) is 122 cm³/mol. The minimum atomic E-state index is -1.31. The zero-order valence-electron chi connectivity index (χ0n) is 16.2. The lowest BCUT2D eigenvalue weighted by Crippen LogP contribution is -2.22. The molecule has 0 amide bonds. The van der Waals surface area contributed by atoms with Crippen molar-refractivity contribution in [2.45, 2.75) is 13.1 Å². The molecule has 0 aliphatic heterocycles. The third-order valence-electron chi connectivity index (χ3n) is 4.89. The molecule has 0 fully saturated rings. The molecular formula is C24H17Cl2NO4. The van der Waals surface area contributed by atoms with Crippen molar-refractivity contribution in [1.82, 2.24) is 0 Å². The van der Waals surface area contributed by atoms with Crippen LogP contribution in [0.3, 0.4) is 0 Å². The Morgan fingerprint density at radius 1 is 0.839 bits per heavy atom. The topological polar surface area (TPSA) is 70.8 Å². The largest absolute Gasteiger partial charge is 0.477 e. The highest BCUT2D eigenvalue weighted by Gasteiger charge is 2.15. The fourth-order valence-corrected chi connectivity index (χ4v) is 3.56. The Kier molecular flexibility index (Phi) is 5.98. The van der Waals surface area contributed by atoms with E-state index in [0.717, 1.165) is 16.8 Å². The van der Waals surface area contributed by atoms with Gasteiger partial charge in [0.1, 0.15) is 11.1 Å². The fraction of sp³-hybridized carbons (Fsp3) is 0.0833. The van der Waals surface area contributed by atoms with Gasteiger partial charge in [-0.25, -0.2) is 9.59 Å². The highest BCUT2D eigenvalue weighted by Crippen LogP contribution is 2.26. The van der Waals surface area contributed by atoms with E-state index in [0.29, 0.717) is 34.1 Å². The first-order chi connectivity index (χ1) is 14.9. The fourth-order valence-electron chi connectivity index (χ4n) is 3.30. The van der Waals surface area contributed by atoms with Crippen molar-refractivity contribution in [1.29, 1.82) is 0 Å². The second kappa shape index (κ2) is 8.84. The summed E-state index contributed by atoms with van der Waals surface area (Å²) in [6.07, 6.45) is 0. The summed E-state index contributed by atoms with van der Waals surface area (Å²) in [5.74, 6) is -1.31.